The molecule has 8 heteroatoms. The molecule has 4 aliphatic rings. The molecule has 3 aromatic rings. The Balaban J connectivity index is 1.33. The van der Waals surface area contributed by atoms with Gasteiger partial charge in [0.1, 0.15) is 11.7 Å². The van der Waals surface area contributed by atoms with Crippen LogP contribution in [0.5, 0.6) is 11.5 Å². The van der Waals surface area contributed by atoms with E-state index in [2.05, 4.69) is 61.8 Å². The van der Waals surface area contributed by atoms with Crippen LogP contribution in [0.25, 0.3) is 0 Å². The Morgan fingerprint density at radius 1 is 1.00 bits per heavy atom. The molecule has 2 aliphatic carbocycles. The van der Waals surface area contributed by atoms with Crippen molar-refractivity contribution in [3.05, 3.63) is 94.0 Å². The van der Waals surface area contributed by atoms with Crippen LogP contribution in [0.15, 0.2) is 60.7 Å². The van der Waals surface area contributed by atoms with Crippen LogP contribution in [-0.4, -0.2) is 71.1 Å². The summed E-state index contributed by atoms with van der Waals surface area (Å²) in [5, 5.41) is 0. The molecule has 2 bridgehead atoms. The minimum absolute atomic E-state index is 0.0947. The molecule has 51 heavy (non-hydrogen) atoms. The summed E-state index contributed by atoms with van der Waals surface area (Å²) < 4.78 is 19.5. The third kappa shape index (κ3) is 6.00. The third-order valence-electron chi connectivity index (χ3n) is 11.6. The van der Waals surface area contributed by atoms with E-state index in [1.54, 1.807) is 0 Å². The average molecular weight is 689 g/mol. The second kappa shape index (κ2) is 13.5. The lowest BCUT2D eigenvalue weighted by Gasteiger charge is -2.65. The summed E-state index contributed by atoms with van der Waals surface area (Å²) in [5.74, 6) is 6.16. The van der Waals surface area contributed by atoms with Gasteiger partial charge in [-0.15, -0.1) is 0 Å². The molecular formula is C43H48N2O6. The molecule has 5 atom stereocenters. The highest BCUT2D eigenvalue weighted by molar-refractivity contribution is 5.94. The number of carbonyl (C=O) groups excluding carboxylic acids is 3. The van der Waals surface area contributed by atoms with Gasteiger partial charge < -0.3 is 19.1 Å². The van der Waals surface area contributed by atoms with Crippen molar-refractivity contribution in [2.45, 2.75) is 103 Å². The zero-order valence-corrected chi connectivity index (χ0v) is 30.6. The van der Waals surface area contributed by atoms with Crippen molar-refractivity contribution >= 4 is 17.8 Å². The van der Waals surface area contributed by atoms with Gasteiger partial charge in [-0.25, -0.2) is 0 Å². The van der Waals surface area contributed by atoms with Crippen LogP contribution in [0, 0.1) is 31.6 Å². The Bertz CT molecular complexity index is 1930. The second-order valence-corrected chi connectivity index (χ2v) is 15.3. The van der Waals surface area contributed by atoms with Crippen LogP contribution in [0.3, 0.4) is 0 Å². The van der Waals surface area contributed by atoms with Crippen molar-refractivity contribution in [3.63, 3.8) is 0 Å². The van der Waals surface area contributed by atoms with Gasteiger partial charge in [0.2, 0.25) is 0 Å². The SMILES string of the molecule is CC(=O)Oc1ccc2c3c1O[C@H]1[C@H](N(CC(C)C)C(=O)C#Cc4ccc(C)c(C)c4)CC[C@@]4(OC(C)=O)[C@@H](C2)N(CCc2ccccc2)CC[C@]314. The minimum atomic E-state index is -0.903. The van der Waals surface area contributed by atoms with Crippen LogP contribution < -0.4 is 9.47 Å². The first-order chi connectivity index (χ1) is 24.4. The van der Waals surface area contributed by atoms with Gasteiger partial charge in [0.15, 0.2) is 11.5 Å². The summed E-state index contributed by atoms with van der Waals surface area (Å²) >= 11 is 0. The van der Waals surface area contributed by atoms with E-state index in [0.29, 0.717) is 43.7 Å². The summed E-state index contributed by atoms with van der Waals surface area (Å²) in [5.41, 5.74) is 4.77. The molecule has 1 spiro atoms. The van der Waals surface area contributed by atoms with E-state index in [0.717, 1.165) is 41.8 Å². The molecule has 266 valence electrons. The number of amides is 1. The number of nitrogens with zero attached hydrogens (tertiary/aromatic N) is 2. The number of ether oxygens (including phenoxy) is 3. The molecule has 2 aliphatic heterocycles. The molecule has 3 aromatic carbocycles. The van der Waals surface area contributed by atoms with Crippen LogP contribution in [0.2, 0.25) is 0 Å². The molecule has 2 heterocycles. The van der Waals surface area contributed by atoms with Crippen molar-refractivity contribution in [2.75, 3.05) is 19.6 Å². The molecular weight excluding hydrogens is 640 g/mol. The predicted molar refractivity (Wildman–Crippen MR) is 195 cm³/mol. The number of aryl methyl sites for hydroxylation is 2. The number of esters is 2. The van der Waals surface area contributed by atoms with Gasteiger partial charge in [0.25, 0.3) is 5.91 Å². The van der Waals surface area contributed by atoms with Crippen LogP contribution in [-0.2, 0) is 37.4 Å². The maximum Gasteiger partial charge on any atom is 0.308 e. The molecule has 2 fully saturated rings. The largest absolute Gasteiger partial charge is 0.483 e. The smallest absolute Gasteiger partial charge is 0.308 e. The third-order valence-corrected chi connectivity index (χ3v) is 11.6. The highest BCUT2D eigenvalue weighted by Crippen LogP contribution is 2.67. The van der Waals surface area contributed by atoms with Crippen LogP contribution in [0.4, 0.5) is 0 Å². The number of piperidine rings is 1. The van der Waals surface area contributed by atoms with Gasteiger partial charge in [-0.3, -0.25) is 19.3 Å². The molecule has 0 N–H and O–H groups in total. The lowest BCUT2D eigenvalue weighted by Crippen LogP contribution is -2.79. The van der Waals surface area contributed by atoms with Crippen molar-refractivity contribution in [1.29, 1.82) is 0 Å². The van der Waals surface area contributed by atoms with E-state index in [1.807, 2.05) is 48.2 Å². The van der Waals surface area contributed by atoms with Gasteiger partial charge in [-0.2, -0.15) is 0 Å². The first-order valence-electron chi connectivity index (χ1n) is 18.3. The highest BCUT2D eigenvalue weighted by Gasteiger charge is 2.75. The van der Waals surface area contributed by atoms with Crippen molar-refractivity contribution in [2.24, 2.45) is 5.92 Å². The molecule has 0 aromatic heterocycles. The quantitative estimate of drug-likeness (QED) is 0.161. The Hall–Kier alpha value is -4.61. The maximum absolute atomic E-state index is 14.3. The van der Waals surface area contributed by atoms with Gasteiger partial charge in [-0.05, 0) is 98.9 Å². The fourth-order valence-electron chi connectivity index (χ4n) is 9.55. The van der Waals surface area contributed by atoms with E-state index in [9.17, 15) is 14.4 Å². The highest BCUT2D eigenvalue weighted by atomic mass is 16.6. The normalized spacial score (nSPS) is 25.6. The van der Waals surface area contributed by atoms with E-state index in [-0.39, 0.29) is 29.9 Å². The zero-order chi connectivity index (χ0) is 36.1. The maximum atomic E-state index is 14.3. The molecule has 8 nitrogen and oxygen atoms in total. The number of rotatable bonds is 8. The van der Waals surface area contributed by atoms with Gasteiger partial charge in [0, 0.05) is 44.0 Å². The summed E-state index contributed by atoms with van der Waals surface area (Å²) in [4.78, 5) is 44.2. The predicted octanol–water partition coefficient (Wildman–Crippen LogP) is 6.10. The zero-order valence-electron chi connectivity index (χ0n) is 30.6. The minimum Gasteiger partial charge on any atom is -0.483 e. The summed E-state index contributed by atoms with van der Waals surface area (Å²) in [7, 11) is 0. The van der Waals surface area contributed by atoms with Crippen molar-refractivity contribution in [3.8, 4) is 23.3 Å². The van der Waals surface area contributed by atoms with E-state index in [4.69, 9.17) is 14.2 Å². The van der Waals surface area contributed by atoms with Crippen molar-refractivity contribution < 1.29 is 28.6 Å². The fourth-order valence-corrected chi connectivity index (χ4v) is 9.55. The van der Waals surface area contributed by atoms with Gasteiger partial charge >= 0.3 is 11.9 Å². The van der Waals surface area contributed by atoms with Crippen LogP contribution in [0.1, 0.15) is 80.3 Å². The van der Waals surface area contributed by atoms with E-state index in [1.165, 1.54) is 25.0 Å². The lowest BCUT2D eigenvalue weighted by molar-refractivity contribution is -0.224. The summed E-state index contributed by atoms with van der Waals surface area (Å²) in [6, 6.07) is 19.9. The average Bonchev–Trinajstić information content (AvgIpc) is 3.44. The number of hydrogen-bond acceptors (Lipinski definition) is 7. The summed E-state index contributed by atoms with van der Waals surface area (Å²) in [6.07, 6.45) is 2.80. The molecule has 0 unspecified atom stereocenters. The molecule has 7 rings (SSSR count). The fraction of sp³-hybridized carbons (Fsp3) is 0.465. The lowest BCUT2D eigenvalue weighted by atomic mass is 9.48. The monoisotopic (exact) mass is 688 g/mol. The first kappa shape index (κ1) is 34.8. The van der Waals surface area contributed by atoms with E-state index >= 15 is 0 Å². The van der Waals surface area contributed by atoms with Crippen molar-refractivity contribution in [1.82, 2.24) is 9.80 Å². The standard InChI is InChI=1S/C43H48N2O6/c1-27(2)26-45(38(48)17-14-33-13-12-28(3)29(4)24-33)35-18-20-43(51-31(6)47)37-25-34-15-16-36(49-30(5)46)40-39(34)42(43,41(35)50-40)21-23-44(37)22-19-32-10-8-7-9-11-32/h7-13,15-16,24,27,35,37,41H,18-23,25-26H2,1-6H3/t35-,37-,41+,42+,43-/m1/s1. The topological polar surface area (TPSA) is 85.4 Å². The number of carbonyl (C=O) groups is 3. The Morgan fingerprint density at radius 3 is 2.49 bits per heavy atom. The van der Waals surface area contributed by atoms with Gasteiger partial charge in [0.05, 0.1) is 17.5 Å². The number of benzene rings is 3. The summed E-state index contributed by atoms with van der Waals surface area (Å²) in [6.45, 7) is 13.3. The number of hydrogen-bond donors (Lipinski definition) is 0. The molecule has 1 amide bonds. The first-order valence-corrected chi connectivity index (χ1v) is 18.3. The molecule has 1 saturated heterocycles. The molecule has 1 saturated carbocycles. The second-order valence-electron chi connectivity index (χ2n) is 15.3. The van der Waals surface area contributed by atoms with Crippen LogP contribution >= 0.6 is 0 Å². The van der Waals surface area contributed by atoms with E-state index < -0.39 is 23.1 Å². The Morgan fingerprint density at radius 2 is 1.78 bits per heavy atom. The Labute approximate surface area is 301 Å². The van der Waals surface area contributed by atoms with Gasteiger partial charge in [-0.1, -0.05) is 62.2 Å². The number of likely N-dealkylation sites (tertiary alicyclic amines) is 1. The Kier molecular flexibility index (Phi) is 9.22. The molecule has 0 radical (unpaired) electrons.